The largest absolute Gasteiger partial charge is 0.617 e. The summed E-state index contributed by atoms with van der Waals surface area (Å²) >= 11 is 4.62. The number of hydrogen-bond donors (Lipinski definition) is 0. The molecule has 0 amide bonds. The molecule has 0 atom stereocenters. The predicted octanol–water partition coefficient (Wildman–Crippen LogP) is 2.61. The molecule has 0 aliphatic rings. The van der Waals surface area contributed by atoms with Crippen LogP contribution in [0.15, 0.2) is 34.1 Å². The molecular weight excluding hydrogens is 250 g/mol. The number of rotatable bonds is 1. The standard InChI is InChI=1S/C9H5BrNOS/c10-8-3-1-7(2-4-8)9-5-13-6-11(9)12/h1-5H. The number of hydrogen-bond acceptors (Lipinski definition) is 2. The van der Waals surface area contributed by atoms with Crippen LogP contribution in [0.25, 0.3) is 11.3 Å². The lowest BCUT2D eigenvalue weighted by molar-refractivity contribution is -0.592. The van der Waals surface area contributed by atoms with Crippen LogP contribution in [0.5, 0.6) is 0 Å². The molecule has 0 N–H and O–H groups in total. The second kappa shape index (κ2) is 3.47. The molecule has 2 aromatic rings. The molecular formula is C9H5BrNOS. The van der Waals surface area contributed by atoms with E-state index in [1.807, 2.05) is 24.3 Å². The van der Waals surface area contributed by atoms with Crippen LogP contribution in [0.3, 0.4) is 0 Å². The Morgan fingerprint density at radius 1 is 1.31 bits per heavy atom. The van der Waals surface area contributed by atoms with Crippen molar-refractivity contribution in [2.45, 2.75) is 0 Å². The topological polar surface area (TPSA) is 26.9 Å². The molecule has 2 rings (SSSR count). The highest BCUT2D eigenvalue weighted by atomic mass is 79.9. The molecule has 13 heavy (non-hydrogen) atoms. The van der Waals surface area contributed by atoms with Crippen molar-refractivity contribution in [3.8, 4) is 11.3 Å². The molecule has 1 aromatic heterocycles. The Hall–Kier alpha value is -0.870. The number of benzene rings is 1. The highest BCUT2D eigenvalue weighted by Crippen LogP contribution is 2.19. The van der Waals surface area contributed by atoms with Crippen LogP contribution in [-0.2, 0) is 0 Å². The maximum atomic E-state index is 11.2. The van der Waals surface area contributed by atoms with Crippen molar-refractivity contribution in [1.29, 1.82) is 0 Å². The van der Waals surface area contributed by atoms with Gasteiger partial charge in [-0.2, -0.15) is 0 Å². The van der Waals surface area contributed by atoms with Gasteiger partial charge >= 0.3 is 5.51 Å². The van der Waals surface area contributed by atoms with E-state index in [1.54, 1.807) is 5.38 Å². The van der Waals surface area contributed by atoms with Crippen molar-refractivity contribution < 1.29 is 4.73 Å². The van der Waals surface area contributed by atoms with Crippen molar-refractivity contribution in [2.24, 2.45) is 0 Å². The van der Waals surface area contributed by atoms with Gasteiger partial charge in [-0.15, -0.1) is 4.73 Å². The molecule has 0 bridgehead atoms. The lowest BCUT2D eigenvalue weighted by Gasteiger charge is -1.97. The second-order valence-electron chi connectivity index (χ2n) is 2.51. The molecule has 1 aromatic carbocycles. The normalized spacial score (nSPS) is 10.2. The summed E-state index contributed by atoms with van der Waals surface area (Å²) in [6, 6.07) is 7.61. The minimum absolute atomic E-state index is 0.650. The fourth-order valence-corrected chi connectivity index (χ4v) is 1.89. The lowest BCUT2D eigenvalue weighted by Crippen LogP contribution is -2.25. The van der Waals surface area contributed by atoms with Gasteiger partial charge in [0.1, 0.15) is 0 Å². The summed E-state index contributed by atoms with van der Waals surface area (Å²) in [6.07, 6.45) is 0. The average Bonchev–Trinajstić information content (AvgIpc) is 2.53. The maximum Gasteiger partial charge on any atom is 0.359 e. The summed E-state index contributed by atoms with van der Waals surface area (Å²) in [5.74, 6) is 0. The molecule has 0 spiro atoms. The third-order valence-corrected chi connectivity index (χ3v) is 2.81. The summed E-state index contributed by atoms with van der Waals surface area (Å²) in [6.45, 7) is 0. The van der Waals surface area contributed by atoms with E-state index in [1.165, 1.54) is 11.3 Å². The third-order valence-electron chi connectivity index (χ3n) is 1.66. The lowest BCUT2D eigenvalue weighted by atomic mass is 10.2. The van der Waals surface area contributed by atoms with Crippen molar-refractivity contribution in [3.05, 3.63) is 44.8 Å². The van der Waals surface area contributed by atoms with Crippen LogP contribution < -0.4 is 4.73 Å². The van der Waals surface area contributed by atoms with Gasteiger partial charge in [0.15, 0.2) is 0 Å². The molecule has 0 unspecified atom stereocenters. The number of aromatic nitrogens is 1. The summed E-state index contributed by atoms with van der Waals surface area (Å²) in [5, 5.41) is 13.0. The van der Waals surface area contributed by atoms with Crippen molar-refractivity contribution in [2.75, 3.05) is 0 Å². The van der Waals surface area contributed by atoms with Crippen LogP contribution in [0.1, 0.15) is 0 Å². The molecule has 1 radical (unpaired) electrons. The first kappa shape index (κ1) is 8.72. The SMILES string of the molecule is [O-][n+]1[c]scc1-c1ccc(Br)cc1. The zero-order valence-corrected chi connectivity index (χ0v) is 8.93. The van der Waals surface area contributed by atoms with E-state index in [9.17, 15) is 5.21 Å². The van der Waals surface area contributed by atoms with E-state index >= 15 is 0 Å². The summed E-state index contributed by atoms with van der Waals surface area (Å²) in [4.78, 5) is 0. The van der Waals surface area contributed by atoms with Crippen LogP contribution in [-0.4, -0.2) is 0 Å². The molecule has 0 saturated heterocycles. The number of thiazole rings is 1. The molecule has 0 aliphatic heterocycles. The summed E-state index contributed by atoms with van der Waals surface area (Å²) in [7, 11) is 0. The Kier molecular flexibility index (Phi) is 2.33. The fraction of sp³-hybridized carbons (Fsp3) is 0. The Bertz CT molecular complexity index is 410. The average molecular weight is 255 g/mol. The van der Waals surface area contributed by atoms with Gasteiger partial charge in [0.2, 0.25) is 5.69 Å². The zero-order chi connectivity index (χ0) is 9.26. The molecule has 0 fully saturated rings. The monoisotopic (exact) mass is 254 g/mol. The van der Waals surface area contributed by atoms with E-state index in [4.69, 9.17) is 0 Å². The molecule has 0 saturated carbocycles. The molecule has 4 heteroatoms. The quantitative estimate of drug-likeness (QED) is 0.568. The molecule has 0 aliphatic carbocycles. The van der Waals surface area contributed by atoms with Gasteiger partial charge in [-0.3, -0.25) is 0 Å². The van der Waals surface area contributed by atoms with Crippen molar-refractivity contribution in [3.63, 3.8) is 0 Å². The minimum atomic E-state index is 0.650. The zero-order valence-electron chi connectivity index (χ0n) is 6.53. The summed E-state index contributed by atoms with van der Waals surface area (Å²) < 4.78 is 1.77. The summed E-state index contributed by atoms with van der Waals surface area (Å²) in [5.41, 5.74) is 4.14. The third kappa shape index (κ3) is 1.73. The van der Waals surface area contributed by atoms with Crippen LogP contribution in [0.2, 0.25) is 0 Å². The van der Waals surface area contributed by atoms with Crippen molar-refractivity contribution in [1.82, 2.24) is 0 Å². The van der Waals surface area contributed by atoms with Crippen LogP contribution in [0, 0.1) is 10.7 Å². The highest BCUT2D eigenvalue weighted by Gasteiger charge is 2.09. The smallest absolute Gasteiger partial charge is 0.359 e. The molecule has 65 valence electrons. The van der Waals surface area contributed by atoms with E-state index in [-0.39, 0.29) is 0 Å². The fourth-order valence-electron chi connectivity index (χ4n) is 1.03. The Morgan fingerprint density at radius 2 is 2.00 bits per heavy atom. The van der Waals surface area contributed by atoms with Crippen LogP contribution >= 0.6 is 27.3 Å². The van der Waals surface area contributed by atoms with Gasteiger partial charge in [-0.05, 0) is 24.3 Å². The Balaban J connectivity index is 2.47. The highest BCUT2D eigenvalue weighted by molar-refractivity contribution is 9.10. The van der Waals surface area contributed by atoms with E-state index in [2.05, 4.69) is 21.4 Å². The Morgan fingerprint density at radius 3 is 2.54 bits per heavy atom. The second-order valence-corrected chi connectivity index (χ2v) is 4.08. The number of halogens is 1. The van der Waals surface area contributed by atoms with Gasteiger partial charge in [0, 0.05) is 10.0 Å². The predicted molar refractivity (Wildman–Crippen MR) is 55.3 cm³/mol. The van der Waals surface area contributed by atoms with Gasteiger partial charge < -0.3 is 5.21 Å². The molecule has 1 heterocycles. The van der Waals surface area contributed by atoms with E-state index in [0.717, 1.165) is 14.8 Å². The Labute approximate surface area is 88.2 Å². The molecule has 2 nitrogen and oxygen atoms in total. The van der Waals surface area contributed by atoms with Crippen LogP contribution in [0.4, 0.5) is 0 Å². The maximum absolute atomic E-state index is 11.2. The van der Waals surface area contributed by atoms with E-state index < -0.39 is 0 Å². The van der Waals surface area contributed by atoms with E-state index in [0.29, 0.717) is 5.69 Å². The minimum Gasteiger partial charge on any atom is -0.617 e. The van der Waals surface area contributed by atoms with Gasteiger partial charge in [0.05, 0.1) is 5.38 Å². The van der Waals surface area contributed by atoms with Crippen molar-refractivity contribution >= 4 is 27.3 Å². The number of nitrogens with zero attached hydrogens (tertiary/aromatic N) is 1. The first-order valence-electron chi connectivity index (χ1n) is 3.62. The van der Waals surface area contributed by atoms with Gasteiger partial charge in [0.25, 0.3) is 0 Å². The van der Waals surface area contributed by atoms with Gasteiger partial charge in [-0.25, -0.2) is 0 Å². The first-order valence-corrected chi connectivity index (χ1v) is 5.29. The first-order chi connectivity index (χ1) is 6.27. The van der Waals surface area contributed by atoms with Gasteiger partial charge in [-0.1, -0.05) is 27.3 Å².